The van der Waals surface area contributed by atoms with Gasteiger partial charge in [0.2, 0.25) is 0 Å². The monoisotopic (exact) mass is 432 g/mol. The highest BCUT2D eigenvalue weighted by Gasteiger charge is 2.61. The molecule has 0 aliphatic heterocycles. The highest BCUT2D eigenvalue weighted by Crippen LogP contribution is 2.68. The molecule has 0 heterocycles. The fraction of sp³-hybridized carbons (Fsp3) is 0.964. The van der Waals surface area contributed by atoms with E-state index in [1.807, 2.05) is 0 Å². The van der Waals surface area contributed by atoms with Gasteiger partial charge in [-0.25, -0.2) is 0 Å². The minimum Gasteiger partial charge on any atom is -0.481 e. The molecule has 0 unspecified atom stereocenters. The van der Waals surface area contributed by atoms with Gasteiger partial charge in [0, 0.05) is 0 Å². The van der Waals surface area contributed by atoms with Crippen molar-refractivity contribution in [1.82, 2.24) is 0 Å². The van der Waals surface area contributed by atoms with Gasteiger partial charge in [-0.2, -0.15) is 0 Å². The summed E-state index contributed by atoms with van der Waals surface area (Å²) in [6, 6.07) is 0. The second-order valence-electron chi connectivity index (χ2n) is 13.1. The molecule has 0 amide bonds. The molecule has 10 atom stereocenters. The van der Waals surface area contributed by atoms with Crippen LogP contribution in [0.25, 0.3) is 0 Å². The molecule has 178 valence electrons. The Bertz CT molecular complexity index is 659. The molecule has 0 bridgehead atoms. The Morgan fingerprint density at radius 1 is 0.968 bits per heavy atom. The summed E-state index contributed by atoms with van der Waals surface area (Å²) in [5.74, 6) is 3.94. The molecule has 0 aromatic heterocycles. The maximum Gasteiger partial charge on any atom is 0.309 e. The van der Waals surface area contributed by atoms with Crippen LogP contribution in [0.1, 0.15) is 105 Å². The van der Waals surface area contributed by atoms with E-state index in [9.17, 15) is 15.0 Å². The first-order valence-corrected chi connectivity index (χ1v) is 13.5. The number of carboxylic acid groups (broad SMARTS) is 1. The Morgan fingerprint density at radius 2 is 1.68 bits per heavy atom. The molecule has 3 nitrogen and oxygen atoms in total. The van der Waals surface area contributed by atoms with E-state index in [-0.39, 0.29) is 5.41 Å². The summed E-state index contributed by atoms with van der Waals surface area (Å²) in [6.07, 6.45) is 12.8. The van der Waals surface area contributed by atoms with E-state index in [4.69, 9.17) is 0 Å². The van der Waals surface area contributed by atoms with E-state index in [1.165, 1.54) is 57.8 Å². The van der Waals surface area contributed by atoms with Gasteiger partial charge in [-0.3, -0.25) is 4.79 Å². The Morgan fingerprint density at radius 3 is 2.35 bits per heavy atom. The predicted octanol–water partition coefficient (Wildman–Crippen LogP) is 6.78. The molecule has 0 aromatic carbocycles. The molecule has 31 heavy (non-hydrogen) atoms. The van der Waals surface area contributed by atoms with E-state index in [0.717, 1.165) is 29.6 Å². The van der Waals surface area contributed by atoms with Crippen LogP contribution in [0.4, 0.5) is 0 Å². The molecule has 4 saturated carbocycles. The normalized spacial score (nSPS) is 48.0. The minimum absolute atomic E-state index is 0.105. The second-order valence-corrected chi connectivity index (χ2v) is 13.1. The number of carboxylic acids is 1. The molecule has 3 heteroatoms. The van der Waals surface area contributed by atoms with Crippen molar-refractivity contribution in [3.63, 3.8) is 0 Å². The summed E-state index contributed by atoms with van der Waals surface area (Å²) >= 11 is 0. The Kier molecular flexibility index (Phi) is 6.58. The SMILES string of the molecule is CC(C)CCC[C@@H](C)[C@H]1CC[C@H]2[C@@H]3CC[C@H]4C[C@@H](O)[C@H](C(=O)O)C[C@]4(C)[C@H]3CC[C@]12C. The van der Waals surface area contributed by atoms with Crippen LogP contribution in [0.15, 0.2) is 0 Å². The van der Waals surface area contributed by atoms with Crippen LogP contribution in [0.2, 0.25) is 0 Å². The maximum atomic E-state index is 11.9. The quantitative estimate of drug-likeness (QED) is 0.486. The molecule has 0 saturated heterocycles. The zero-order chi connectivity index (χ0) is 22.6. The number of carbonyl (C=O) groups is 1. The van der Waals surface area contributed by atoms with Gasteiger partial charge in [0.25, 0.3) is 0 Å². The number of hydrogen-bond donors (Lipinski definition) is 2. The number of aliphatic carboxylic acids is 1. The van der Waals surface area contributed by atoms with E-state index < -0.39 is 18.0 Å². The van der Waals surface area contributed by atoms with Crippen LogP contribution in [0.5, 0.6) is 0 Å². The number of aliphatic hydroxyl groups is 1. The van der Waals surface area contributed by atoms with Crippen LogP contribution in [-0.4, -0.2) is 22.3 Å². The van der Waals surface area contributed by atoms with Crippen LogP contribution >= 0.6 is 0 Å². The Hall–Kier alpha value is -0.570. The molecule has 0 aromatic rings. The molecular weight excluding hydrogens is 384 g/mol. The van der Waals surface area contributed by atoms with Crippen LogP contribution in [-0.2, 0) is 4.79 Å². The molecule has 4 fully saturated rings. The fourth-order valence-corrected chi connectivity index (χ4v) is 9.58. The zero-order valence-electron chi connectivity index (χ0n) is 20.8. The smallest absolute Gasteiger partial charge is 0.309 e. The largest absolute Gasteiger partial charge is 0.481 e. The van der Waals surface area contributed by atoms with Gasteiger partial charge in [0.15, 0.2) is 0 Å². The summed E-state index contributed by atoms with van der Waals surface area (Å²) in [7, 11) is 0. The predicted molar refractivity (Wildman–Crippen MR) is 126 cm³/mol. The van der Waals surface area contributed by atoms with Crippen molar-refractivity contribution in [2.24, 2.45) is 58.2 Å². The highest BCUT2D eigenvalue weighted by atomic mass is 16.4. The summed E-state index contributed by atoms with van der Waals surface area (Å²) < 4.78 is 0. The third-order valence-corrected chi connectivity index (χ3v) is 11.2. The number of fused-ring (bicyclic) bond motifs is 5. The van der Waals surface area contributed by atoms with Gasteiger partial charge < -0.3 is 10.2 Å². The van der Waals surface area contributed by atoms with E-state index >= 15 is 0 Å². The second kappa shape index (κ2) is 8.65. The molecule has 4 aliphatic rings. The van der Waals surface area contributed by atoms with Gasteiger partial charge in [0.1, 0.15) is 0 Å². The maximum absolute atomic E-state index is 11.9. The lowest BCUT2D eigenvalue weighted by Gasteiger charge is -2.61. The number of hydrogen-bond acceptors (Lipinski definition) is 2. The van der Waals surface area contributed by atoms with E-state index in [0.29, 0.717) is 30.1 Å². The summed E-state index contributed by atoms with van der Waals surface area (Å²) in [5, 5.41) is 20.2. The molecule has 0 radical (unpaired) electrons. The van der Waals surface area contributed by atoms with Gasteiger partial charge >= 0.3 is 5.97 Å². The molecule has 4 rings (SSSR count). The van der Waals surface area contributed by atoms with Gasteiger partial charge in [0.05, 0.1) is 12.0 Å². The molecule has 4 aliphatic carbocycles. The number of aliphatic hydroxyl groups excluding tert-OH is 1. The van der Waals surface area contributed by atoms with Crippen LogP contribution < -0.4 is 0 Å². The molecule has 0 spiro atoms. The van der Waals surface area contributed by atoms with Gasteiger partial charge in [-0.1, -0.05) is 53.9 Å². The first-order chi connectivity index (χ1) is 14.6. The first kappa shape index (κ1) is 23.6. The molecular formula is C28H48O3. The lowest BCUT2D eigenvalue weighted by Crippen LogP contribution is -2.56. The van der Waals surface area contributed by atoms with Crippen molar-refractivity contribution < 1.29 is 15.0 Å². The summed E-state index contributed by atoms with van der Waals surface area (Å²) in [5.41, 5.74) is 0.593. The van der Waals surface area contributed by atoms with Crippen LogP contribution in [0.3, 0.4) is 0 Å². The standard InChI is InChI=1S/C28H48O3/c1-17(2)7-6-8-18(3)22-11-12-23-20-10-9-19-15-25(29)21(26(30)31)16-28(19,5)24(20)13-14-27(22,23)4/h17-25,29H,6-16H2,1-5H3,(H,30,31)/t18-,19+,20+,21-,22-,23+,24+,25-,27-,28+/m1/s1. The third kappa shape index (κ3) is 4.00. The van der Waals surface area contributed by atoms with Crippen LogP contribution in [0, 0.1) is 58.2 Å². The fourth-order valence-electron chi connectivity index (χ4n) is 9.58. The van der Waals surface area contributed by atoms with Crippen molar-refractivity contribution in [3.05, 3.63) is 0 Å². The average molecular weight is 433 g/mol. The van der Waals surface area contributed by atoms with Crippen molar-refractivity contribution in [2.75, 3.05) is 0 Å². The Labute approximate surface area is 190 Å². The topological polar surface area (TPSA) is 57.5 Å². The van der Waals surface area contributed by atoms with Crippen molar-refractivity contribution in [2.45, 2.75) is 111 Å². The first-order valence-electron chi connectivity index (χ1n) is 13.5. The average Bonchev–Trinajstić information content (AvgIpc) is 3.05. The van der Waals surface area contributed by atoms with E-state index in [1.54, 1.807) is 0 Å². The highest BCUT2D eigenvalue weighted by molar-refractivity contribution is 5.71. The van der Waals surface area contributed by atoms with Crippen molar-refractivity contribution >= 4 is 5.97 Å². The van der Waals surface area contributed by atoms with E-state index in [2.05, 4.69) is 34.6 Å². The molecule has 2 N–H and O–H groups in total. The lowest BCUT2D eigenvalue weighted by atomic mass is 9.43. The minimum atomic E-state index is -0.786. The summed E-state index contributed by atoms with van der Waals surface area (Å²) in [6.45, 7) is 12.2. The zero-order valence-corrected chi connectivity index (χ0v) is 20.8. The van der Waals surface area contributed by atoms with Crippen molar-refractivity contribution in [3.8, 4) is 0 Å². The third-order valence-electron chi connectivity index (χ3n) is 11.2. The summed E-state index contributed by atoms with van der Waals surface area (Å²) in [4.78, 5) is 11.9. The Balaban J connectivity index is 1.49. The van der Waals surface area contributed by atoms with Gasteiger partial charge in [-0.15, -0.1) is 0 Å². The van der Waals surface area contributed by atoms with Crippen molar-refractivity contribution in [1.29, 1.82) is 0 Å². The van der Waals surface area contributed by atoms with Gasteiger partial charge in [-0.05, 0) is 104 Å². The lowest BCUT2D eigenvalue weighted by molar-refractivity contribution is -0.169. The number of rotatable bonds is 6.